The Balaban J connectivity index is 1.44. The number of anilines is 1. The Bertz CT molecular complexity index is 825. The lowest BCUT2D eigenvalue weighted by molar-refractivity contribution is -0.138. The van der Waals surface area contributed by atoms with Crippen LogP contribution in [0.1, 0.15) is 17.5 Å². The molecule has 0 spiro atoms. The van der Waals surface area contributed by atoms with E-state index in [-0.39, 0.29) is 18.4 Å². The van der Waals surface area contributed by atoms with E-state index in [1.54, 1.807) is 12.3 Å². The topological polar surface area (TPSA) is 36.4 Å². The lowest BCUT2D eigenvalue weighted by Crippen LogP contribution is -2.40. The van der Waals surface area contributed by atoms with Crippen molar-refractivity contribution in [2.75, 3.05) is 24.5 Å². The van der Waals surface area contributed by atoms with Crippen LogP contribution in [-0.2, 0) is 17.4 Å². The Labute approximate surface area is 155 Å². The Hall–Kier alpha value is -2.57. The third-order valence-electron chi connectivity index (χ3n) is 5.45. The molecule has 4 rings (SSSR count). The van der Waals surface area contributed by atoms with Gasteiger partial charge in [0.05, 0.1) is 18.0 Å². The van der Waals surface area contributed by atoms with E-state index in [4.69, 9.17) is 0 Å². The molecule has 2 fully saturated rings. The molecule has 2 aliphatic heterocycles. The molecule has 0 bridgehead atoms. The molecule has 2 aliphatic rings. The molecule has 3 heterocycles. The number of halogens is 3. The number of hydrogen-bond donors (Lipinski definition) is 0. The first kappa shape index (κ1) is 17.8. The molecule has 0 aliphatic carbocycles. The van der Waals surface area contributed by atoms with Crippen molar-refractivity contribution in [3.05, 3.63) is 59.8 Å². The van der Waals surface area contributed by atoms with Crippen molar-refractivity contribution in [3.8, 4) is 0 Å². The smallest absolute Gasteiger partial charge is 0.354 e. The highest BCUT2D eigenvalue weighted by Crippen LogP contribution is 2.34. The fraction of sp³-hybridized carbons (Fsp3) is 0.400. The van der Waals surface area contributed by atoms with Gasteiger partial charge in [-0.1, -0.05) is 24.3 Å². The van der Waals surface area contributed by atoms with Gasteiger partial charge in [-0.25, -0.2) is 4.98 Å². The number of alkyl halides is 3. The first-order valence-electron chi connectivity index (χ1n) is 9.03. The van der Waals surface area contributed by atoms with Crippen molar-refractivity contribution >= 4 is 11.7 Å². The van der Waals surface area contributed by atoms with Crippen LogP contribution >= 0.6 is 0 Å². The van der Waals surface area contributed by atoms with Gasteiger partial charge in [-0.2, -0.15) is 13.2 Å². The minimum Gasteiger partial charge on any atom is -0.354 e. The van der Waals surface area contributed by atoms with E-state index in [0.717, 1.165) is 37.5 Å². The third-order valence-corrected chi connectivity index (χ3v) is 5.45. The molecule has 0 radical (unpaired) electrons. The van der Waals surface area contributed by atoms with Crippen LogP contribution < -0.4 is 4.90 Å². The second-order valence-corrected chi connectivity index (χ2v) is 7.17. The SMILES string of the molecule is O=C(Cc1cccc(C(F)(F)F)c1)N1CCC2CN(c3ccccn3)CC21. The van der Waals surface area contributed by atoms with Crippen molar-refractivity contribution in [2.45, 2.75) is 25.1 Å². The van der Waals surface area contributed by atoms with Gasteiger partial charge >= 0.3 is 6.18 Å². The second-order valence-electron chi connectivity index (χ2n) is 7.17. The van der Waals surface area contributed by atoms with Crippen molar-refractivity contribution in [1.29, 1.82) is 0 Å². The minimum absolute atomic E-state index is 0.00325. The summed E-state index contributed by atoms with van der Waals surface area (Å²) < 4.78 is 38.6. The van der Waals surface area contributed by atoms with E-state index in [0.29, 0.717) is 18.0 Å². The Kier molecular flexibility index (Phi) is 4.53. The Morgan fingerprint density at radius 2 is 2.00 bits per heavy atom. The molecule has 2 unspecified atom stereocenters. The number of nitrogens with zero attached hydrogens (tertiary/aromatic N) is 3. The first-order valence-corrected chi connectivity index (χ1v) is 9.03. The summed E-state index contributed by atoms with van der Waals surface area (Å²) in [5.41, 5.74) is -0.313. The van der Waals surface area contributed by atoms with Gasteiger partial charge < -0.3 is 9.80 Å². The summed E-state index contributed by atoms with van der Waals surface area (Å²) in [5, 5.41) is 0. The molecule has 0 saturated carbocycles. The molecule has 2 aromatic rings. The van der Waals surface area contributed by atoms with E-state index < -0.39 is 11.7 Å². The van der Waals surface area contributed by atoms with Crippen molar-refractivity contribution in [3.63, 3.8) is 0 Å². The molecule has 27 heavy (non-hydrogen) atoms. The van der Waals surface area contributed by atoms with Gasteiger partial charge in [0.15, 0.2) is 0 Å². The number of likely N-dealkylation sites (tertiary alicyclic amines) is 1. The standard InChI is InChI=1S/C20H20F3N3O/c21-20(22,23)16-5-3-4-14(10-16)11-19(27)26-9-7-15-12-25(13-17(15)26)18-6-1-2-8-24-18/h1-6,8,10,15,17H,7,9,11-13H2. The van der Waals surface area contributed by atoms with Gasteiger partial charge in [-0.15, -0.1) is 0 Å². The van der Waals surface area contributed by atoms with Crippen LogP contribution in [0.3, 0.4) is 0 Å². The highest BCUT2D eigenvalue weighted by molar-refractivity contribution is 5.79. The van der Waals surface area contributed by atoms with Crippen LogP contribution in [0.2, 0.25) is 0 Å². The van der Waals surface area contributed by atoms with Crippen molar-refractivity contribution < 1.29 is 18.0 Å². The third kappa shape index (κ3) is 3.63. The van der Waals surface area contributed by atoms with E-state index >= 15 is 0 Å². The number of rotatable bonds is 3. The predicted octanol–water partition coefficient (Wildman–Crippen LogP) is 3.38. The largest absolute Gasteiger partial charge is 0.416 e. The predicted molar refractivity (Wildman–Crippen MR) is 95.2 cm³/mol. The number of hydrogen-bond acceptors (Lipinski definition) is 3. The van der Waals surface area contributed by atoms with Gasteiger partial charge in [0.2, 0.25) is 5.91 Å². The number of benzene rings is 1. The van der Waals surface area contributed by atoms with Gasteiger partial charge in [-0.3, -0.25) is 4.79 Å². The number of fused-ring (bicyclic) bond motifs is 1. The molecule has 142 valence electrons. The van der Waals surface area contributed by atoms with E-state index in [1.165, 1.54) is 6.07 Å². The number of amides is 1. The van der Waals surface area contributed by atoms with E-state index in [9.17, 15) is 18.0 Å². The number of carbonyl (C=O) groups is 1. The van der Waals surface area contributed by atoms with Gasteiger partial charge in [0, 0.05) is 31.7 Å². The Morgan fingerprint density at radius 1 is 1.15 bits per heavy atom. The molecule has 1 aromatic carbocycles. The van der Waals surface area contributed by atoms with Crippen LogP contribution in [0, 0.1) is 5.92 Å². The summed E-state index contributed by atoms with van der Waals surface area (Å²) in [6.07, 6.45) is -1.73. The van der Waals surface area contributed by atoms with Crippen molar-refractivity contribution in [1.82, 2.24) is 9.88 Å². The van der Waals surface area contributed by atoms with E-state index in [2.05, 4.69) is 9.88 Å². The monoisotopic (exact) mass is 375 g/mol. The molecule has 1 amide bonds. The zero-order valence-corrected chi connectivity index (χ0v) is 14.7. The quantitative estimate of drug-likeness (QED) is 0.825. The fourth-order valence-corrected chi connectivity index (χ4v) is 4.13. The van der Waals surface area contributed by atoms with Crippen LogP contribution in [-0.4, -0.2) is 41.5 Å². The molecular formula is C20H20F3N3O. The summed E-state index contributed by atoms with van der Waals surface area (Å²) in [5.74, 6) is 1.18. The van der Waals surface area contributed by atoms with Gasteiger partial charge in [0.1, 0.15) is 5.82 Å². The highest BCUT2D eigenvalue weighted by atomic mass is 19.4. The maximum absolute atomic E-state index is 12.9. The lowest BCUT2D eigenvalue weighted by Gasteiger charge is -2.25. The summed E-state index contributed by atoms with van der Waals surface area (Å²) >= 11 is 0. The molecule has 7 heteroatoms. The van der Waals surface area contributed by atoms with E-state index in [1.807, 2.05) is 23.1 Å². The summed E-state index contributed by atoms with van der Waals surface area (Å²) in [6.45, 7) is 2.24. The summed E-state index contributed by atoms with van der Waals surface area (Å²) in [6, 6.07) is 10.9. The number of aromatic nitrogens is 1. The average molecular weight is 375 g/mol. The maximum atomic E-state index is 12.9. The zero-order valence-electron chi connectivity index (χ0n) is 14.7. The summed E-state index contributed by atoms with van der Waals surface area (Å²) in [7, 11) is 0. The zero-order chi connectivity index (χ0) is 19.0. The molecule has 2 atom stereocenters. The fourth-order valence-electron chi connectivity index (χ4n) is 4.13. The maximum Gasteiger partial charge on any atom is 0.416 e. The first-order chi connectivity index (χ1) is 12.9. The minimum atomic E-state index is -4.40. The average Bonchev–Trinajstić information content (AvgIpc) is 3.22. The highest BCUT2D eigenvalue weighted by Gasteiger charge is 2.43. The Morgan fingerprint density at radius 3 is 2.74 bits per heavy atom. The normalized spacial score (nSPS) is 22.2. The van der Waals surface area contributed by atoms with Crippen LogP contribution in [0.25, 0.3) is 0 Å². The second kappa shape index (κ2) is 6.87. The molecule has 4 nitrogen and oxygen atoms in total. The molecule has 2 saturated heterocycles. The summed E-state index contributed by atoms with van der Waals surface area (Å²) in [4.78, 5) is 21.2. The molecule has 1 aromatic heterocycles. The van der Waals surface area contributed by atoms with Crippen LogP contribution in [0.5, 0.6) is 0 Å². The van der Waals surface area contributed by atoms with Crippen LogP contribution in [0.15, 0.2) is 48.7 Å². The molecular weight excluding hydrogens is 355 g/mol. The van der Waals surface area contributed by atoms with Crippen molar-refractivity contribution in [2.24, 2.45) is 5.92 Å². The lowest BCUT2D eigenvalue weighted by atomic mass is 10.0. The van der Waals surface area contributed by atoms with Gasteiger partial charge in [0.25, 0.3) is 0 Å². The number of carbonyl (C=O) groups excluding carboxylic acids is 1. The number of pyridine rings is 1. The van der Waals surface area contributed by atoms with Crippen LogP contribution in [0.4, 0.5) is 19.0 Å². The molecule has 0 N–H and O–H groups in total. The van der Waals surface area contributed by atoms with Gasteiger partial charge in [-0.05, 0) is 30.2 Å².